The zero-order chi connectivity index (χ0) is 9.68. The lowest BCUT2D eigenvalue weighted by Gasteiger charge is -2.01. The van der Waals surface area contributed by atoms with E-state index in [9.17, 15) is 9.18 Å². The summed E-state index contributed by atoms with van der Waals surface area (Å²) in [4.78, 5) is 11.1. The molecule has 0 amide bonds. The van der Waals surface area contributed by atoms with Crippen molar-refractivity contribution in [2.75, 3.05) is 6.61 Å². The number of hydrogen-bond acceptors (Lipinski definition) is 2. The number of ether oxygens (including phenoxy) is 1. The Balaban J connectivity index is 2.76. The van der Waals surface area contributed by atoms with Gasteiger partial charge in [-0.15, -0.1) is 0 Å². The third kappa shape index (κ3) is 2.40. The second-order valence-electron chi connectivity index (χ2n) is 2.37. The number of carbonyl (C=O) groups excluding carboxylic acids is 1. The molecule has 1 aromatic rings. The number of halogens is 1. The summed E-state index contributed by atoms with van der Waals surface area (Å²) in [6.45, 7) is 3.47. The Hall–Kier alpha value is -1.64. The zero-order valence-electron chi connectivity index (χ0n) is 7.00. The zero-order valence-corrected chi connectivity index (χ0v) is 7.00. The van der Waals surface area contributed by atoms with E-state index in [1.807, 2.05) is 0 Å². The topological polar surface area (TPSA) is 26.3 Å². The highest BCUT2D eigenvalue weighted by atomic mass is 19.1. The molecule has 2 nitrogen and oxygen atoms in total. The molecule has 0 N–H and O–H groups in total. The van der Waals surface area contributed by atoms with Gasteiger partial charge in [-0.1, -0.05) is 24.8 Å². The van der Waals surface area contributed by atoms with Crippen molar-refractivity contribution in [1.82, 2.24) is 0 Å². The monoisotopic (exact) mass is 180 g/mol. The fourth-order valence-corrected chi connectivity index (χ4v) is 0.839. The van der Waals surface area contributed by atoms with Gasteiger partial charge in [0.1, 0.15) is 12.4 Å². The van der Waals surface area contributed by atoms with Gasteiger partial charge in [0.15, 0.2) is 0 Å². The number of rotatable bonds is 3. The van der Waals surface area contributed by atoms with Gasteiger partial charge in [0.25, 0.3) is 0 Å². The lowest BCUT2D eigenvalue weighted by Crippen LogP contribution is -2.06. The molecule has 0 saturated heterocycles. The van der Waals surface area contributed by atoms with Gasteiger partial charge in [-0.25, -0.2) is 9.18 Å². The average molecular weight is 180 g/mol. The summed E-state index contributed by atoms with van der Waals surface area (Å²) < 4.78 is 17.6. The third-order valence-corrected chi connectivity index (χ3v) is 1.43. The molecule has 3 heteroatoms. The fraction of sp³-hybridized carbons (Fsp3) is 0.100. The van der Waals surface area contributed by atoms with Crippen LogP contribution in [0.1, 0.15) is 10.4 Å². The van der Waals surface area contributed by atoms with E-state index < -0.39 is 11.8 Å². The van der Waals surface area contributed by atoms with Crippen molar-refractivity contribution < 1.29 is 13.9 Å². The van der Waals surface area contributed by atoms with Gasteiger partial charge in [-0.3, -0.25) is 0 Å². The van der Waals surface area contributed by atoms with Crippen molar-refractivity contribution in [3.63, 3.8) is 0 Å². The first kappa shape index (κ1) is 9.45. The molecule has 0 saturated carbocycles. The molecular formula is C10H9FO2. The van der Waals surface area contributed by atoms with Gasteiger partial charge in [0.05, 0.1) is 5.56 Å². The summed E-state index contributed by atoms with van der Waals surface area (Å²) in [7, 11) is 0. The van der Waals surface area contributed by atoms with Crippen LogP contribution >= 0.6 is 0 Å². The van der Waals surface area contributed by atoms with Crippen molar-refractivity contribution in [1.29, 1.82) is 0 Å². The summed E-state index contributed by atoms with van der Waals surface area (Å²) in [6.07, 6.45) is 1.43. The smallest absolute Gasteiger partial charge is 0.341 e. The van der Waals surface area contributed by atoms with Crippen LogP contribution in [0.25, 0.3) is 0 Å². The van der Waals surface area contributed by atoms with Crippen molar-refractivity contribution in [3.05, 3.63) is 48.3 Å². The molecule has 0 heterocycles. The molecule has 0 bridgehead atoms. The van der Waals surface area contributed by atoms with E-state index in [0.29, 0.717) is 0 Å². The van der Waals surface area contributed by atoms with Crippen LogP contribution in [0.5, 0.6) is 0 Å². The Morgan fingerprint density at radius 3 is 2.85 bits per heavy atom. The van der Waals surface area contributed by atoms with E-state index in [1.165, 1.54) is 24.3 Å². The number of esters is 1. The molecule has 0 aromatic heterocycles. The lowest BCUT2D eigenvalue weighted by molar-refractivity contribution is 0.0544. The fourth-order valence-electron chi connectivity index (χ4n) is 0.839. The highest BCUT2D eigenvalue weighted by molar-refractivity contribution is 5.89. The van der Waals surface area contributed by atoms with Gasteiger partial charge in [0, 0.05) is 0 Å². The molecule has 0 atom stereocenters. The minimum absolute atomic E-state index is 0.0515. The summed E-state index contributed by atoms with van der Waals surface area (Å²) in [5, 5.41) is 0. The van der Waals surface area contributed by atoms with Crippen LogP contribution in [0.15, 0.2) is 36.9 Å². The Kier molecular flexibility index (Phi) is 3.20. The number of carbonyl (C=O) groups is 1. The van der Waals surface area contributed by atoms with Crippen LogP contribution in [0.4, 0.5) is 4.39 Å². The predicted molar refractivity (Wildman–Crippen MR) is 46.9 cm³/mol. The first-order chi connectivity index (χ1) is 6.25. The van der Waals surface area contributed by atoms with Gasteiger partial charge < -0.3 is 4.74 Å². The maximum absolute atomic E-state index is 12.9. The molecule has 0 spiro atoms. The SMILES string of the molecule is C=CCOC(=O)c1ccccc1F. The molecule has 13 heavy (non-hydrogen) atoms. The van der Waals surface area contributed by atoms with E-state index in [2.05, 4.69) is 11.3 Å². The Bertz CT molecular complexity index is 320. The number of benzene rings is 1. The Labute approximate surface area is 75.6 Å². The minimum atomic E-state index is -0.669. The van der Waals surface area contributed by atoms with Gasteiger partial charge in [-0.2, -0.15) is 0 Å². The molecule has 1 aromatic carbocycles. The van der Waals surface area contributed by atoms with E-state index >= 15 is 0 Å². The normalized spacial score (nSPS) is 9.31. The van der Waals surface area contributed by atoms with Crippen LogP contribution in [0.2, 0.25) is 0 Å². The second kappa shape index (κ2) is 4.40. The van der Waals surface area contributed by atoms with Crippen LogP contribution in [0, 0.1) is 5.82 Å². The van der Waals surface area contributed by atoms with Gasteiger partial charge >= 0.3 is 5.97 Å². The van der Waals surface area contributed by atoms with Crippen molar-refractivity contribution in [2.24, 2.45) is 0 Å². The first-order valence-corrected chi connectivity index (χ1v) is 3.78. The summed E-state index contributed by atoms with van der Waals surface area (Å²) >= 11 is 0. The van der Waals surface area contributed by atoms with Crippen LogP contribution < -0.4 is 0 Å². The summed E-state index contributed by atoms with van der Waals surface area (Å²) in [5.74, 6) is -1.24. The molecule has 0 aliphatic carbocycles. The molecule has 1 rings (SSSR count). The molecule has 0 fully saturated rings. The highest BCUT2D eigenvalue weighted by Crippen LogP contribution is 2.07. The van der Waals surface area contributed by atoms with Crippen LogP contribution in [-0.4, -0.2) is 12.6 Å². The Morgan fingerprint density at radius 1 is 1.54 bits per heavy atom. The maximum Gasteiger partial charge on any atom is 0.341 e. The van der Waals surface area contributed by atoms with Gasteiger partial charge in [-0.05, 0) is 12.1 Å². The largest absolute Gasteiger partial charge is 0.458 e. The second-order valence-corrected chi connectivity index (χ2v) is 2.37. The average Bonchev–Trinajstić information content (AvgIpc) is 2.15. The van der Waals surface area contributed by atoms with E-state index in [-0.39, 0.29) is 12.2 Å². The number of hydrogen-bond donors (Lipinski definition) is 0. The van der Waals surface area contributed by atoms with Crippen LogP contribution in [0.3, 0.4) is 0 Å². The van der Waals surface area contributed by atoms with Crippen LogP contribution in [-0.2, 0) is 4.74 Å². The highest BCUT2D eigenvalue weighted by Gasteiger charge is 2.10. The molecule has 0 aliphatic heterocycles. The summed E-state index contributed by atoms with van der Waals surface area (Å²) in [6, 6.07) is 5.68. The molecular weight excluding hydrogens is 171 g/mol. The third-order valence-electron chi connectivity index (χ3n) is 1.43. The van der Waals surface area contributed by atoms with E-state index in [0.717, 1.165) is 0 Å². The Morgan fingerprint density at radius 2 is 2.23 bits per heavy atom. The molecule has 0 unspecified atom stereocenters. The standard InChI is InChI=1S/C10H9FO2/c1-2-7-13-10(12)8-5-3-4-6-9(8)11/h2-6H,1,7H2. The first-order valence-electron chi connectivity index (χ1n) is 3.78. The van der Waals surface area contributed by atoms with E-state index in [4.69, 9.17) is 0 Å². The molecule has 0 aliphatic rings. The maximum atomic E-state index is 12.9. The lowest BCUT2D eigenvalue weighted by atomic mass is 10.2. The van der Waals surface area contributed by atoms with E-state index in [1.54, 1.807) is 6.07 Å². The molecule has 68 valence electrons. The van der Waals surface area contributed by atoms with Crippen molar-refractivity contribution in [3.8, 4) is 0 Å². The summed E-state index contributed by atoms with van der Waals surface area (Å²) in [5.41, 5.74) is -0.0515. The quantitative estimate of drug-likeness (QED) is 0.526. The predicted octanol–water partition coefficient (Wildman–Crippen LogP) is 2.17. The van der Waals surface area contributed by atoms with Crippen molar-refractivity contribution >= 4 is 5.97 Å². The van der Waals surface area contributed by atoms with Crippen molar-refractivity contribution in [2.45, 2.75) is 0 Å². The molecule has 0 radical (unpaired) electrons. The minimum Gasteiger partial charge on any atom is -0.458 e. The van der Waals surface area contributed by atoms with Gasteiger partial charge in [0.2, 0.25) is 0 Å².